The molecule has 3 nitrogen and oxygen atoms in total. The van der Waals surface area contributed by atoms with Gasteiger partial charge in [-0.3, -0.25) is 4.68 Å². The number of nitrogens with zero attached hydrogens (tertiary/aromatic N) is 2. The molecule has 0 aliphatic rings. The van der Waals surface area contributed by atoms with E-state index < -0.39 is 12.3 Å². The van der Waals surface area contributed by atoms with Crippen molar-refractivity contribution in [3.63, 3.8) is 0 Å². The second-order valence-corrected chi connectivity index (χ2v) is 4.30. The van der Waals surface area contributed by atoms with Crippen LogP contribution in [-0.2, 0) is 6.54 Å². The van der Waals surface area contributed by atoms with E-state index >= 15 is 0 Å². The topological polar surface area (TPSA) is 38.0 Å². The predicted octanol–water partition coefficient (Wildman–Crippen LogP) is 2.84. The van der Waals surface area contributed by atoms with Gasteiger partial charge in [-0.15, -0.1) is 0 Å². The first-order valence-electron chi connectivity index (χ1n) is 5.70. The molecular formula is C13H13F3N2O. The summed E-state index contributed by atoms with van der Waals surface area (Å²) in [5.74, 6) is 0. The van der Waals surface area contributed by atoms with Gasteiger partial charge in [-0.25, -0.2) is 0 Å². The lowest BCUT2D eigenvalue weighted by Gasteiger charge is -2.13. The number of hydrogen-bond acceptors (Lipinski definition) is 2. The molecule has 6 heteroatoms. The second kappa shape index (κ2) is 5.05. The minimum absolute atomic E-state index is 0.181. The van der Waals surface area contributed by atoms with Crippen molar-refractivity contribution in [3.8, 4) is 0 Å². The molecule has 0 radical (unpaired) electrons. The van der Waals surface area contributed by atoms with Crippen molar-refractivity contribution >= 4 is 0 Å². The van der Waals surface area contributed by atoms with Crippen LogP contribution in [0.4, 0.5) is 13.2 Å². The Bertz CT molecular complexity index is 549. The molecule has 1 heterocycles. The summed E-state index contributed by atoms with van der Waals surface area (Å²) in [6.07, 6.45) is -5.93. The SMILES string of the molecule is Cc1nn(Cc2ccccc2)cc1C(O)C(F)(F)F. The molecule has 2 rings (SSSR count). The van der Waals surface area contributed by atoms with Gasteiger partial charge in [-0.2, -0.15) is 18.3 Å². The molecule has 0 aliphatic heterocycles. The zero-order chi connectivity index (χ0) is 14.0. The fourth-order valence-corrected chi connectivity index (χ4v) is 1.83. The molecule has 1 aromatic carbocycles. The van der Waals surface area contributed by atoms with Crippen LogP contribution in [0.1, 0.15) is 22.9 Å². The highest BCUT2D eigenvalue weighted by Crippen LogP contribution is 2.33. The lowest BCUT2D eigenvalue weighted by Crippen LogP contribution is -2.20. The van der Waals surface area contributed by atoms with E-state index in [0.717, 1.165) is 5.56 Å². The van der Waals surface area contributed by atoms with Crippen LogP contribution in [0.15, 0.2) is 36.5 Å². The molecule has 1 atom stereocenters. The van der Waals surface area contributed by atoms with Crippen molar-refractivity contribution in [1.29, 1.82) is 0 Å². The van der Waals surface area contributed by atoms with Gasteiger partial charge in [0.25, 0.3) is 0 Å². The third kappa shape index (κ3) is 3.14. The average molecular weight is 270 g/mol. The molecule has 0 saturated carbocycles. The summed E-state index contributed by atoms with van der Waals surface area (Å²) in [5.41, 5.74) is 0.905. The minimum Gasteiger partial charge on any atom is -0.379 e. The molecule has 0 saturated heterocycles. The number of aliphatic hydroxyl groups excluding tert-OH is 1. The summed E-state index contributed by atoms with van der Waals surface area (Å²) >= 11 is 0. The molecule has 0 aliphatic carbocycles. The van der Waals surface area contributed by atoms with Gasteiger partial charge in [-0.1, -0.05) is 30.3 Å². The molecule has 0 bridgehead atoms. The number of aryl methyl sites for hydroxylation is 1. The van der Waals surface area contributed by atoms with Gasteiger partial charge in [0.05, 0.1) is 12.2 Å². The first kappa shape index (κ1) is 13.6. The van der Waals surface area contributed by atoms with Crippen molar-refractivity contribution in [1.82, 2.24) is 9.78 Å². The van der Waals surface area contributed by atoms with Crippen molar-refractivity contribution in [2.45, 2.75) is 25.7 Å². The van der Waals surface area contributed by atoms with Crippen LogP contribution in [0.2, 0.25) is 0 Å². The number of aliphatic hydroxyl groups is 1. The Kier molecular flexibility index (Phi) is 3.61. The number of halogens is 3. The number of rotatable bonds is 3. The van der Waals surface area contributed by atoms with Crippen molar-refractivity contribution in [2.24, 2.45) is 0 Å². The molecule has 0 spiro atoms. The van der Waals surface area contributed by atoms with Gasteiger partial charge in [-0.05, 0) is 12.5 Å². The Balaban J connectivity index is 2.22. The fraction of sp³-hybridized carbons (Fsp3) is 0.308. The quantitative estimate of drug-likeness (QED) is 0.931. The summed E-state index contributed by atoms with van der Waals surface area (Å²) in [6.45, 7) is 1.82. The third-order valence-electron chi connectivity index (χ3n) is 2.78. The highest BCUT2D eigenvalue weighted by molar-refractivity contribution is 5.21. The van der Waals surface area contributed by atoms with Crippen molar-refractivity contribution in [2.75, 3.05) is 0 Å². The van der Waals surface area contributed by atoms with E-state index in [1.54, 1.807) is 0 Å². The fourth-order valence-electron chi connectivity index (χ4n) is 1.83. The third-order valence-corrected chi connectivity index (χ3v) is 2.78. The highest BCUT2D eigenvalue weighted by Gasteiger charge is 2.41. The summed E-state index contributed by atoms with van der Waals surface area (Å²) in [5, 5.41) is 13.2. The monoisotopic (exact) mass is 270 g/mol. The molecule has 0 fully saturated rings. The van der Waals surface area contributed by atoms with Crippen LogP contribution in [0.5, 0.6) is 0 Å². The summed E-state index contributed by atoms with van der Waals surface area (Å²) in [7, 11) is 0. The van der Waals surface area contributed by atoms with Crippen molar-refractivity contribution in [3.05, 3.63) is 53.3 Å². The van der Waals surface area contributed by atoms with Gasteiger partial charge < -0.3 is 5.11 Å². The first-order valence-corrected chi connectivity index (χ1v) is 5.70. The molecule has 1 unspecified atom stereocenters. The molecule has 0 amide bonds. The van der Waals surface area contributed by atoms with Crippen LogP contribution < -0.4 is 0 Å². The maximum atomic E-state index is 12.5. The van der Waals surface area contributed by atoms with Crippen LogP contribution in [0.3, 0.4) is 0 Å². The normalized spacial score (nSPS) is 13.5. The van der Waals surface area contributed by atoms with E-state index in [9.17, 15) is 18.3 Å². The predicted molar refractivity (Wildman–Crippen MR) is 63.5 cm³/mol. The molecule has 102 valence electrons. The first-order chi connectivity index (χ1) is 8.88. The van der Waals surface area contributed by atoms with E-state index in [-0.39, 0.29) is 11.3 Å². The zero-order valence-corrected chi connectivity index (χ0v) is 10.2. The Labute approximate surface area is 108 Å². The second-order valence-electron chi connectivity index (χ2n) is 4.30. The minimum atomic E-state index is -4.68. The number of hydrogen-bond donors (Lipinski definition) is 1. The molecule has 2 aromatic rings. The largest absolute Gasteiger partial charge is 0.418 e. The Morgan fingerprint density at radius 2 is 1.89 bits per heavy atom. The van der Waals surface area contributed by atoms with E-state index in [1.807, 2.05) is 30.3 Å². The smallest absolute Gasteiger partial charge is 0.379 e. The van der Waals surface area contributed by atoms with Gasteiger partial charge in [0.1, 0.15) is 0 Å². The van der Waals surface area contributed by atoms with Crippen LogP contribution >= 0.6 is 0 Å². The molecular weight excluding hydrogens is 257 g/mol. The van der Waals surface area contributed by atoms with Crippen LogP contribution in [-0.4, -0.2) is 21.1 Å². The average Bonchev–Trinajstić information content (AvgIpc) is 2.69. The standard InChI is InChI=1S/C13H13F3N2O/c1-9-11(12(19)13(14,15)16)8-18(17-9)7-10-5-3-2-4-6-10/h2-6,8,12,19H,7H2,1H3. The number of benzene rings is 1. The summed E-state index contributed by atoms with van der Waals surface area (Å²) in [4.78, 5) is 0. The van der Waals surface area contributed by atoms with Gasteiger partial charge in [0.15, 0.2) is 6.10 Å². The molecule has 1 aromatic heterocycles. The Morgan fingerprint density at radius 1 is 1.26 bits per heavy atom. The molecule has 1 N–H and O–H groups in total. The van der Waals surface area contributed by atoms with E-state index in [4.69, 9.17) is 0 Å². The van der Waals surface area contributed by atoms with Crippen LogP contribution in [0.25, 0.3) is 0 Å². The summed E-state index contributed by atoms with van der Waals surface area (Å²) < 4.78 is 38.8. The lowest BCUT2D eigenvalue weighted by molar-refractivity contribution is -0.207. The Hall–Kier alpha value is -1.82. The lowest BCUT2D eigenvalue weighted by atomic mass is 10.1. The summed E-state index contributed by atoms with van der Waals surface area (Å²) in [6, 6.07) is 9.26. The van der Waals surface area contributed by atoms with E-state index in [1.165, 1.54) is 17.8 Å². The molecule has 19 heavy (non-hydrogen) atoms. The van der Waals surface area contributed by atoms with Crippen LogP contribution in [0, 0.1) is 6.92 Å². The van der Waals surface area contributed by atoms with Gasteiger partial charge in [0, 0.05) is 11.8 Å². The van der Waals surface area contributed by atoms with Gasteiger partial charge >= 0.3 is 6.18 Å². The van der Waals surface area contributed by atoms with E-state index in [0.29, 0.717) is 6.54 Å². The van der Waals surface area contributed by atoms with Crippen molar-refractivity contribution < 1.29 is 18.3 Å². The maximum Gasteiger partial charge on any atom is 0.418 e. The Morgan fingerprint density at radius 3 is 2.47 bits per heavy atom. The zero-order valence-electron chi connectivity index (χ0n) is 10.2. The number of aromatic nitrogens is 2. The van der Waals surface area contributed by atoms with Gasteiger partial charge in [0.2, 0.25) is 0 Å². The number of alkyl halides is 3. The van der Waals surface area contributed by atoms with E-state index in [2.05, 4.69) is 5.10 Å². The highest BCUT2D eigenvalue weighted by atomic mass is 19.4. The maximum absolute atomic E-state index is 12.5.